The zero-order valence-corrected chi connectivity index (χ0v) is 12.2. The Kier molecular flexibility index (Phi) is 5.07. The van der Waals surface area contributed by atoms with Crippen molar-refractivity contribution in [2.45, 2.75) is 57.1 Å². The van der Waals surface area contributed by atoms with Crippen molar-refractivity contribution in [2.24, 2.45) is 5.92 Å². The van der Waals surface area contributed by atoms with Crippen LogP contribution >= 0.6 is 11.8 Å². The Hall–Kier alpha value is -0.540. The van der Waals surface area contributed by atoms with Crippen molar-refractivity contribution in [3.8, 4) is 0 Å². The fourth-order valence-electron chi connectivity index (χ4n) is 2.76. The van der Waals surface area contributed by atoms with Crippen molar-refractivity contribution in [1.29, 1.82) is 0 Å². The van der Waals surface area contributed by atoms with E-state index >= 15 is 0 Å². The van der Waals surface area contributed by atoms with Gasteiger partial charge < -0.3 is 5.11 Å². The molecule has 1 N–H and O–H groups in total. The van der Waals surface area contributed by atoms with Gasteiger partial charge in [0.05, 0.1) is 11.1 Å². The SMILES string of the molecule is Cc1cc(C)nc(SCC(O)CC2CCCC2)c1. The molecule has 18 heavy (non-hydrogen) atoms. The van der Waals surface area contributed by atoms with Gasteiger partial charge in [0.15, 0.2) is 0 Å². The van der Waals surface area contributed by atoms with Gasteiger partial charge in [0.1, 0.15) is 0 Å². The number of hydrogen-bond donors (Lipinski definition) is 1. The minimum absolute atomic E-state index is 0.180. The molecule has 0 aromatic carbocycles. The fourth-order valence-corrected chi connectivity index (χ4v) is 3.74. The number of aliphatic hydroxyl groups is 1. The molecule has 2 rings (SSSR count). The fraction of sp³-hybridized carbons (Fsp3) is 0.667. The Bertz CT molecular complexity index is 368. The van der Waals surface area contributed by atoms with Gasteiger partial charge in [-0.05, 0) is 43.9 Å². The molecule has 0 saturated heterocycles. The molecule has 1 atom stereocenters. The summed E-state index contributed by atoms with van der Waals surface area (Å²) in [5.41, 5.74) is 2.30. The molecule has 1 unspecified atom stereocenters. The number of nitrogens with zero attached hydrogens (tertiary/aromatic N) is 1. The Balaban J connectivity index is 1.79. The van der Waals surface area contributed by atoms with E-state index in [1.807, 2.05) is 6.92 Å². The van der Waals surface area contributed by atoms with E-state index in [-0.39, 0.29) is 6.10 Å². The summed E-state index contributed by atoms with van der Waals surface area (Å²) in [5.74, 6) is 1.53. The third-order valence-corrected chi connectivity index (χ3v) is 4.63. The molecule has 1 aromatic heterocycles. The van der Waals surface area contributed by atoms with E-state index in [1.54, 1.807) is 11.8 Å². The molecule has 1 fully saturated rings. The van der Waals surface area contributed by atoms with Gasteiger partial charge in [0, 0.05) is 11.4 Å². The predicted molar refractivity (Wildman–Crippen MR) is 77.0 cm³/mol. The summed E-state index contributed by atoms with van der Waals surface area (Å²) in [4.78, 5) is 4.49. The second-order valence-corrected chi connectivity index (χ2v) is 6.52. The first kappa shape index (κ1) is 13.9. The second-order valence-electron chi connectivity index (χ2n) is 5.48. The topological polar surface area (TPSA) is 33.1 Å². The van der Waals surface area contributed by atoms with Crippen LogP contribution in [0.1, 0.15) is 43.4 Å². The summed E-state index contributed by atoms with van der Waals surface area (Å²) < 4.78 is 0. The molecule has 0 bridgehead atoms. The van der Waals surface area contributed by atoms with Gasteiger partial charge >= 0.3 is 0 Å². The van der Waals surface area contributed by atoms with E-state index < -0.39 is 0 Å². The molecule has 1 aliphatic carbocycles. The summed E-state index contributed by atoms with van der Waals surface area (Å²) in [6.07, 6.45) is 6.11. The van der Waals surface area contributed by atoms with Gasteiger partial charge in [-0.1, -0.05) is 25.7 Å². The Morgan fingerprint density at radius 3 is 2.72 bits per heavy atom. The molecule has 100 valence electrons. The molecule has 0 radical (unpaired) electrons. The van der Waals surface area contributed by atoms with Crippen molar-refractivity contribution in [2.75, 3.05) is 5.75 Å². The van der Waals surface area contributed by atoms with Crippen molar-refractivity contribution in [3.05, 3.63) is 23.4 Å². The molecular formula is C15H23NOS. The average Bonchev–Trinajstić information content (AvgIpc) is 2.78. The van der Waals surface area contributed by atoms with Crippen molar-refractivity contribution in [1.82, 2.24) is 4.98 Å². The lowest BCUT2D eigenvalue weighted by Gasteiger charge is -2.14. The lowest BCUT2D eigenvalue weighted by atomic mass is 10.0. The summed E-state index contributed by atoms with van der Waals surface area (Å²) in [5, 5.41) is 11.1. The van der Waals surface area contributed by atoms with E-state index in [0.29, 0.717) is 0 Å². The van der Waals surface area contributed by atoms with E-state index in [4.69, 9.17) is 0 Å². The summed E-state index contributed by atoms with van der Waals surface area (Å²) in [6.45, 7) is 4.11. The molecule has 0 amide bonds. The lowest BCUT2D eigenvalue weighted by molar-refractivity contribution is 0.165. The number of rotatable bonds is 5. The maximum Gasteiger partial charge on any atom is 0.0966 e. The van der Waals surface area contributed by atoms with Crippen LogP contribution in [0.5, 0.6) is 0 Å². The normalized spacial score (nSPS) is 18.2. The first-order valence-corrected chi connectivity index (χ1v) is 7.88. The molecule has 0 aliphatic heterocycles. The highest BCUT2D eigenvalue weighted by Gasteiger charge is 2.18. The zero-order chi connectivity index (χ0) is 13.0. The molecule has 1 aromatic rings. The third-order valence-electron chi connectivity index (χ3n) is 3.58. The first-order valence-electron chi connectivity index (χ1n) is 6.89. The molecule has 1 heterocycles. The first-order chi connectivity index (χ1) is 8.63. The Morgan fingerprint density at radius 2 is 2.06 bits per heavy atom. The highest BCUT2D eigenvalue weighted by Crippen LogP contribution is 2.30. The van der Waals surface area contributed by atoms with Crippen LogP contribution in [0, 0.1) is 19.8 Å². The van der Waals surface area contributed by atoms with Gasteiger partial charge in [0.25, 0.3) is 0 Å². The van der Waals surface area contributed by atoms with Crippen LogP contribution in [0.2, 0.25) is 0 Å². The Morgan fingerprint density at radius 1 is 1.33 bits per heavy atom. The van der Waals surface area contributed by atoms with Crippen molar-refractivity contribution < 1.29 is 5.11 Å². The number of hydrogen-bond acceptors (Lipinski definition) is 3. The number of aryl methyl sites for hydroxylation is 2. The summed E-state index contributed by atoms with van der Waals surface area (Å²) >= 11 is 1.68. The lowest BCUT2D eigenvalue weighted by Crippen LogP contribution is -2.14. The molecule has 3 heteroatoms. The Labute approximate surface area is 114 Å². The predicted octanol–water partition coefficient (Wildman–Crippen LogP) is 3.73. The smallest absolute Gasteiger partial charge is 0.0966 e. The van der Waals surface area contributed by atoms with Gasteiger partial charge in [0.2, 0.25) is 0 Å². The summed E-state index contributed by atoms with van der Waals surface area (Å²) in [7, 11) is 0. The van der Waals surface area contributed by atoms with Crippen molar-refractivity contribution in [3.63, 3.8) is 0 Å². The van der Waals surface area contributed by atoms with Crippen LogP contribution in [0.4, 0.5) is 0 Å². The molecule has 0 spiro atoms. The van der Waals surface area contributed by atoms with Gasteiger partial charge in [-0.2, -0.15) is 0 Å². The molecule has 1 saturated carbocycles. The van der Waals surface area contributed by atoms with Gasteiger partial charge in [-0.15, -0.1) is 11.8 Å². The standard InChI is InChI=1S/C15H23NOS/c1-11-7-12(2)16-15(8-11)18-10-14(17)9-13-5-3-4-6-13/h7-8,13-14,17H,3-6,9-10H2,1-2H3. The summed E-state index contributed by atoms with van der Waals surface area (Å²) in [6, 6.07) is 4.18. The quantitative estimate of drug-likeness (QED) is 0.823. The van der Waals surface area contributed by atoms with Crippen LogP contribution in [-0.4, -0.2) is 21.9 Å². The van der Waals surface area contributed by atoms with Gasteiger partial charge in [-0.3, -0.25) is 0 Å². The number of aliphatic hydroxyl groups excluding tert-OH is 1. The molecule has 2 nitrogen and oxygen atoms in total. The minimum Gasteiger partial charge on any atom is -0.392 e. The van der Waals surface area contributed by atoms with E-state index in [1.165, 1.54) is 31.2 Å². The van der Waals surface area contributed by atoms with Gasteiger partial charge in [-0.25, -0.2) is 4.98 Å². The minimum atomic E-state index is -0.180. The number of aromatic nitrogens is 1. The van der Waals surface area contributed by atoms with E-state index in [9.17, 15) is 5.11 Å². The van der Waals surface area contributed by atoms with E-state index in [2.05, 4.69) is 24.0 Å². The van der Waals surface area contributed by atoms with Crippen LogP contribution in [0.3, 0.4) is 0 Å². The maximum atomic E-state index is 10.1. The third kappa shape index (κ3) is 4.29. The largest absolute Gasteiger partial charge is 0.392 e. The van der Waals surface area contributed by atoms with Crippen molar-refractivity contribution >= 4 is 11.8 Å². The van der Waals surface area contributed by atoms with Crippen LogP contribution in [0.15, 0.2) is 17.2 Å². The monoisotopic (exact) mass is 265 g/mol. The molecular weight excluding hydrogens is 242 g/mol. The second kappa shape index (κ2) is 6.58. The number of pyridine rings is 1. The van der Waals surface area contributed by atoms with Crippen LogP contribution in [0.25, 0.3) is 0 Å². The van der Waals surface area contributed by atoms with Crippen LogP contribution < -0.4 is 0 Å². The maximum absolute atomic E-state index is 10.1. The average molecular weight is 265 g/mol. The zero-order valence-electron chi connectivity index (χ0n) is 11.4. The molecule has 1 aliphatic rings. The highest BCUT2D eigenvalue weighted by atomic mass is 32.2. The van der Waals surface area contributed by atoms with E-state index in [0.717, 1.165) is 28.8 Å². The number of thioether (sulfide) groups is 1. The van der Waals surface area contributed by atoms with Crippen LogP contribution in [-0.2, 0) is 0 Å². The highest BCUT2D eigenvalue weighted by molar-refractivity contribution is 7.99.